The highest BCUT2D eigenvalue weighted by atomic mass is 16.1. The number of rotatable bonds is 5. The molecule has 1 aromatic heterocycles. The molecule has 140 valence electrons. The molecule has 0 saturated carbocycles. The van der Waals surface area contributed by atoms with Gasteiger partial charge < -0.3 is 5.32 Å². The highest BCUT2D eigenvalue weighted by Crippen LogP contribution is 2.21. The molecule has 1 amide bonds. The van der Waals surface area contributed by atoms with Crippen molar-refractivity contribution in [2.45, 2.75) is 26.7 Å². The van der Waals surface area contributed by atoms with Gasteiger partial charge in [-0.3, -0.25) is 4.79 Å². The van der Waals surface area contributed by atoms with Crippen molar-refractivity contribution in [3.05, 3.63) is 89.7 Å². The van der Waals surface area contributed by atoms with Crippen LogP contribution < -0.4 is 5.32 Å². The number of aromatic nitrogens is 2. The van der Waals surface area contributed by atoms with Crippen LogP contribution in [0.2, 0.25) is 0 Å². The van der Waals surface area contributed by atoms with Crippen molar-refractivity contribution in [1.29, 1.82) is 0 Å². The molecule has 0 unspecified atom stereocenters. The van der Waals surface area contributed by atoms with Crippen LogP contribution in [0.25, 0.3) is 16.5 Å². The molecule has 0 saturated heterocycles. The van der Waals surface area contributed by atoms with Crippen LogP contribution in [-0.4, -0.2) is 15.7 Å². The van der Waals surface area contributed by atoms with E-state index in [1.807, 2.05) is 72.3 Å². The van der Waals surface area contributed by atoms with Gasteiger partial charge in [-0.05, 0) is 60.9 Å². The van der Waals surface area contributed by atoms with Crippen molar-refractivity contribution in [1.82, 2.24) is 9.78 Å². The minimum absolute atomic E-state index is 0.0153. The summed E-state index contributed by atoms with van der Waals surface area (Å²) in [5, 5.41) is 9.97. The quantitative estimate of drug-likeness (QED) is 0.525. The zero-order valence-corrected chi connectivity index (χ0v) is 16.1. The van der Waals surface area contributed by atoms with E-state index in [2.05, 4.69) is 29.5 Å². The first-order chi connectivity index (χ1) is 13.6. The van der Waals surface area contributed by atoms with Crippen LogP contribution in [0.5, 0.6) is 0 Å². The molecule has 4 aromatic rings. The Balaban J connectivity index is 1.45. The zero-order valence-electron chi connectivity index (χ0n) is 16.1. The lowest BCUT2D eigenvalue weighted by Gasteiger charge is -2.08. The van der Waals surface area contributed by atoms with E-state index in [9.17, 15) is 4.79 Å². The van der Waals surface area contributed by atoms with E-state index in [4.69, 9.17) is 0 Å². The maximum absolute atomic E-state index is 12.5. The monoisotopic (exact) mass is 369 g/mol. The van der Waals surface area contributed by atoms with Gasteiger partial charge in [0.2, 0.25) is 5.91 Å². The summed E-state index contributed by atoms with van der Waals surface area (Å²) in [5.41, 5.74) is 5.06. The lowest BCUT2D eigenvalue weighted by atomic mass is 10.1. The Hall–Kier alpha value is -3.40. The summed E-state index contributed by atoms with van der Waals surface area (Å²) in [5.74, 6) is 0.0153. The average Bonchev–Trinajstić information content (AvgIpc) is 3.00. The van der Waals surface area contributed by atoms with E-state index in [1.54, 1.807) is 0 Å². The van der Waals surface area contributed by atoms with Gasteiger partial charge in [0.25, 0.3) is 0 Å². The van der Waals surface area contributed by atoms with E-state index in [0.717, 1.165) is 33.7 Å². The van der Waals surface area contributed by atoms with E-state index in [-0.39, 0.29) is 5.91 Å². The molecular formula is C24H23N3O. The van der Waals surface area contributed by atoms with Crippen molar-refractivity contribution in [2.24, 2.45) is 0 Å². The van der Waals surface area contributed by atoms with Crippen LogP contribution in [0.4, 0.5) is 5.69 Å². The molecule has 0 aliphatic carbocycles. The maximum Gasteiger partial charge on any atom is 0.224 e. The number of benzene rings is 3. The molecule has 4 nitrogen and oxygen atoms in total. The summed E-state index contributed by atoms with van der Waals surface area (Å²) in [7, 11) is 0. The number of amides is 1. The number of carbonyl (C=O) groups excluding carboxylic acids is 1. The molecule has 1 N–H and O–H groups in total. The summed E-state index contributed by atoms with van der Waals surface area (Å²) in [4.78, 5) is 12.5. The number of hydrogen-bond donors (Lipinski definition) is 1. The first-order valence-corrected chi connectivity index (χ1v) is 9.51. The van der Waals surface area contributed by atoms with Gasteiger partial charge in [-0.25, -0.2) is 4.68 Å². The average molecular weight is 369 g/mol. The fourth-order valence-electron chi connectivity index (χ4n) is 3.59. The minimum atomic E-state index is 0.0153. The standard InChI is InChI=1S/C24H23N3O/c1-17-23(18(2)27(26-17)22-10-4-3-5-11-22)14-15-24(28)25-21-13-12-19-8-6-7-9-20(19)16-21/h3-13,16H,14-15H2,1-2H3,(H,25,28). The second-order valence-electron chi connectivity index (χ2n) is 7.01. The molecule has 28 heavy (non-hydrogen) atoms. The van der Waals surface area contributed by atoms with E-state index in [0.29, 0.717) is 12.8 Å². The van der Waals surface area contributed by atoms with Crippen molar-refractivity contribution in [3.8, 4) is 5.69 Å². The molecule has 0 fully saturated rings. The Labute approximate surface area is 164 Å². The Morgan fingerprint density at radius 2 is 1.64 bits per heavy atom. The Bertz CT molecular complexity index is 1130. The molecule has 0 aliphatic rings. The van der Waals surface area contributed by atoms with Crippen LogP contribution >= 0.6 is 0 Å². The first-order valence-electron chi connectivity index (χ1n) is 9.51. The van der Waals surface area contributed by atoms with E-state index < -0.39 is 0 Å². The lowest BCUT2D eigenvalue weighted by Crippen LogP contribution is -2.12. The normalized spacial score (nSPS) is 10.9. The molecule has 0 spiro atoms. The number of hydrogen-bond acceptors (Lipinski definition) is 2. The van der Waals surface area contributed by atoms with Crippen LogP contribution in [0.1, 0.15) is 23.4 Å². The third-order valence-electron chi connectivity index (χ3n) is 5.08. The Kier molecular flexibility index (Phi) is 4.94. The fourth-order valence-corrected chi connectivity index (χ4v) is 3.59. The van der Waals surface area contributed by atoms with Crippen LogP contribution in [-0.2, 0) is 11.2 Å². The predicted octanol–water partition coefficient (Wildman–Crippen LogP) is 5.21. The second kappa shape index (κ2) is 7.69. The van der Waals surface area contributed by atoms with Crippen molar-refractivity contribution in [3.63, 3.8) is 0 Å². The summed E-state index contributed by atoms with van der Waals surface area (Å²) in [6.45, 7) is 4.06. The molecule has 0 atom stereocenters. The van der Waals surface area contributed by atoms with Gasteiger partial charge in [0, 0.05) is 17.8 Å². The molecule has 3 aromatic carbocycles. The maximum atomic E-state index is 12.5. The lowest BCUT2D eigenvalue weighted by molar-refractivity contribution is -0.116. The van der Waals surface area contributed by atoms with Gasteiger partial charge >= 0.3 is 0 Å². The van der Waals surface area contributed by atoms with Crippen LogP contribution in [0, 0.1) is 13.8 Å². The summed E-state index contributed by atoms with van der Waals surface area (Å²) in [6.07, 6.45) is 1.10. The number of nitrogens with one attached hydrogen (secondary N) is 1. The third-order valence-corrected chi connectivity index (χ3v) is 5.08. The fraction of sp³-hybridized carbons (Fsp3) is 0.167. The van der Waals surface area contributed by atoms with Crippen LogP contribution in [0.3, 0.4) is 0 Å². The van der Waals surface area contributed by atoms with Crippen molar-refractivity contribution in [2.75, 3.05) is 5.32 Å². The number of fused-ring (bicyclic) bond motifs is 1. The van der Waals surface area contributed by atoms with E-state index in [1.165, 1.54) is 5.39 Å². The van der Waals surface area contributed by atoms with Gasteiger partial charge in [0.05, 0.1) is 11.4 Å². The van der Waals surface area contributed by atoms with Gasteiger partial charge in [-0.1, -0.05) is 48.5 Å². The largest absolute Gasteiger partial charge is 0.326 e. The van der Waals surface area contributed by atoms with Crippen LogP contribution in [0.15, 0.2) is 72.8 Å². The Morgan fingerprint density at radius 1 is 0.929 bits per heavy atom. The molecule has 0 aliphatic heterocycles. The number of nitrogens with zero attached hydrogens (tertiary/aromatic N) is 2. The molecule has 1 heterocycles. The molecular weight excluding hydrogens is 346 g/mol. The molecule has 0 bridgehead atoms. The summed E-state index contributed by atoms with van der Waals surface area (Å²) in [6, 6.07) is 24.2. The number of para-hydroxylation sites is 1. The summed E-state index contributed by atoms with van der Waals surface area (Å²) < 4.78 is 1.95. The third kappa shape index (κ3) is 3.67. The van der Waals surface area contributed by atoms with Crippen molar-refractivity contribution < 1.29 is 4.79 Å². The van der Waals surface area contributed by atoms with E-state index >= 15 is 0 Å². The number of carbonyl (C=O) groups is 1. The highest BCUT2D eigenvalue weighted by molar-refractivity contribution is 5.94. The molecule has 0 radical (unpaired) electrons. The zero-order chi connectivity index (χ0) is 19.5. The van der Waals surface area contributed by atoms with Gasteiger partial charge in [-0.2, -0.15) is 5.10 Å². The molecule has 4 heteroatoms. The second-order valence-corrected chi connectivity index (χ2v) is 7.01. The highest BCUT2D eigenvalue weighted by Gasteiger charge is 2.14. The topological polar surface area (TPSA) is 46.9 Å². The summed E-state index contributed by atoms with van der Waals surface area (Å²) >= 11 is 0. The number of anilines is 1. The Morgan fingerprint density at radius 3 is 2.43 bits per heavy atom. The van der Waals surface area contributed by atoms with Crippen molar-refractivity contribution >= 4 is 22.4 Å². The minimum Gasteiger partial charge on any atom is -0.326 e. The van der Waals surface area contributed by atoms with Gasteiger partial charge in [0.15, 0.2) is 0 Å². The SMILES string of the molecule is Cc1nn(-c2ccccc2)c(C)c1CCC(=O)Nc1ccc2ccccc2c1. The number of aryl methyl sites for hydroxylation is 1. The van der Waals surface area contributed by atoms with Gasteiger partial charge in [-0.15, -0.1) is 0 Å². The van der Waals surface area contributed by atoms with Gasteiger partial charge in [0.1, 0.15) is 0 Å². The first kappa shape index (κ1) is 18.0. The molecule has 4 rings (SSSR count). The predicted molar refractivity (Wildman–Crippen MR) is 114 cm³/mol. The smallest absolute Gasteiger partial charge is 0.224 e.